The highest BCUT2D eigenvalue weighted by Gasteiger charge is 2.06. The van der Waals surface area contributed by atoms with Gasteiger partial charge in [-0.3, -0.25) is 0 Å². The van der Waals surface area contributed by atoms with Crippen molar-refractivity contribution < 1.29 is 9.47 Å². The van der Waals surface area contributed by atoms with Crippen LogP contribution in [-0.2, 0) is 13.2 Å². The van der Waals surface area contributed by atoms with Gasteiger partial charge in [-0.15, -0.1) is 0 Å². The Balaban J connectivity index is 1.72. The number of methoxy groups -OCH3 is 1. The number of hydrogen-bond acceptors (Lipinski definition) is 4. The summed E-state index contributed by atoms with van der Waals surface area (Å²) in [4.78, 5) is 4.38. The maximum atomic E-state index is 5.78. The molecule has 0 aliphatic rings. The van der Waals surface area contributed by atoms with Crippen LogP contribution < -0.4 is 15.2 Å². The van der Waals surface area contributed by atoms with Crippen molar-refractivity contribution in [2.45, 2.75) is 13.2 Å². The molecule has 0 atom stereocenters. The molecule has 0 radical (unpaired) electrons. The lowest BCUT2D eigenvalue weighted by atomic mass is 10.0. The molecule has 0 saturated carbocycles. The van der Waals surface area contributed by atoms with E-state index >= 15 is 0 Å². The predicted molar refractivity (Wildman–Crippen MR) is 94.9 cm³/mol. The van der Waals surface area contributed by atoms with Crippen LogP contribution in [0.3, 0.4) is 0 Å². The predicted octanol–water partition coefficient (Wildman–Crippen LogP) is 3.79. The summed E-state index contributed by atoms with van der Waals surface area (Å²) in [5.41, 5.74) is 9.93. The molecule has 4 heteroatoms. The van der Waals surface area contributed by atoms with Gasteiger partial charge in [-0.05, 0) is 29.3 Å². The molecule has 0 spiro atoms. The third-order valence-corrected chi connectivity index (χ3v) is 3.80. The van der Waals surface area contributed by atoms with Crippen LogP contribution in [0.2, 0.25) is 0 Å². The highest BCUT2D eigenvalue weighted by atomic mass is 16.5. The highest BCUT2D eigenvalue weighted by Crippen LogP contribution is 2.26. The number of benzene rings is 2. The Morgan fingerprint density at radius 2 is 1.75 bits per heavy atom. The first-order valence-corrected chi connectivity index (χ1v) is 7.80. The van der Waals surface area contributed by atoms with E-state index < -0.39 is 0 Å². The molecule has 1 heterocycles. The first-order valence-electron chi connectivity index (χ1n) is 7.80. The second-order valence-electron chi connectivity index (χ2n) is 5.39. The lowest BCUT2D eigenvalue weighted by molar-refractivity contribution is 0.294. The fourth-order valence-corrected chi connectivity index (χ4v) is 2.49. The summed E-state index contributed by atoms with van der Waals surface area (Å²) < 4.78 is 11.0. The van der Waals surface area contributed by atoms with Gasteiger partial charge in [0.15, 0.2) is 0 Å². The minimum Gasteiger partial charge on any atom is -0.496 e. The van der Waals surface area contributed by atoms with Crippen LogP contribution in [-0.4, -0.2) is 12.1 Å². The van der Waals surface area contributed by atoms with Gasteiger partial charge in [-0.1, -0.05) is 36.4 Å². The van der Waals surface area contributed by atoms with Crippen molar-refractivity contribution in [3.8, 4) is 22.8 Å². The summed E-state index contributed by atoms with van der Waals surface area (Å²) in [6.07, 6.45) is 1.81. The van der Waals surface area contributed by atoms with Crippen molar-refractivity contribution in [3.05, 3.63) is 78.0 Å². The van der Waals surface area contributed by atoms with E-state index in [1.165, 1.54) is 0 Å². The van der Waals surface area contributed by atoms with E-state index in [1.54, 1.807) is 7.11 Å². The standard InChI is InChI=1S/C20H20N2O2/c1-23-19-9-7-16(11-18(19)12-21)17-8-10-20(22-13-17)24-14-15-5-3-2-4-6-15/h2-11,13H,12,14,21H2,1H3. The molecule has 0 amide bonds. The number of rotatable bonds is 6. The van der Waals surface area contributed by atoms with Gasteiger partial charge >= 0.3 is 0 Å². The monoisotopic (exact) mass is 320 g/mol. The molecule has 0 aliphatic carbocycles. The zero-order valence-electron chi connectivity index (χ0n) is 13.6. The van der Waals surface area contributed by atoms with E-state index in [4.69, 9.17) is 15.2 Å². The Kier molecular flexibility index (Phi) is 5.08. The van der Waals surface area contributed by atoms with Crippen molar-refractivity contribution in [1.29, 1.82) is 0 Å². The maximum Gasteiger partial charge on any atom is 0.213 e. The summed E-state index contributed by atoms with van der Waals surface area (Å²) in [7, 11) is 1.65. The summed E-state index contributed by atoms with van der Waals surface area (Å²) >= 11 is 0. The largest absolute Gasteiger partial charge is 0.496 e. The Bertz CT molecular complexity index is 786. The quantitative estimate of drug-likeness (QED) is 0.750. The fraction of sp³-hybridized carbons (Fsp3) is 0.150. The Morgan fingerprint density at radius 1 is 0.958 bits per heavy atom. The molecule has 1 aromatic heterocycles. The minimum absolute atomic E-state index is 0.433. The molecule has 122 valence electrons. The Morgan fingerprint density at radius 3 is 2.42 bits per heavy atom. The molecule has 3 aromatic rings. The van der Waals surface area contributed by atoms with Crippen LogP contribution in [0.15, 0.2) is 66.9 Å². The molecule has 0 saturated heterocycles. The van der Waals surface area contributed by atoms with E-state index in [9.17, 15) is 0 Å². The van der Waals surface area contributed by atoms with Crippen molar-refractivity contribution in [2.75, 3.05) is 7.11 Å². The smallest absolute Gasteiger partial charge is 0.213 e. The van der Waals surface area contributed by atoms with Gasteiger partial charge < -0.3 is 15.2 Å². The van der Waals surface area contributed by atoms with Crippen molar-refractivity contribution in [1.82, 2.24) is 4.98 Å². The summed E-state index contributed by atoms with van der Waals surface area (Å²) in [5.74, 6) is 1.41. The third-order valence-electron chi connectivity index (χ3n) is 3.80. The summed E-state index contributed by atoms with van der Waals surface area (Å²) in [6.45, 7) is 0.940. The molecule has 2 aromatic carbocycles. The fourth-order valence-electron chi connectivity index (χ4n) is 2.49. The molecule has 0 unspecified atom stereocenters. The molecular formula is C20H20N2O2. The molecule has 2 N–H and O–H groups in total. The van der Waals surface area contributed by atoms with Gasteiger partial charge in [0.05, 0.1) is 7.11 Å². The number of pyridine rings is 1. The Labute approximate surface area is 141 Å². The lowest BCUT2D eigenvalue weighted by Crippen LogP contribution is -2.00. The second kappa shape index (κ2) is 7.62. The topological polar surface area (TPSA) is 57.4 Å². The summed E-state index contributed by atoms with van der Waals surface area (Å²) in [6, 6.07) is 19.9. The van der Waals surface area contributed by atoms with Crippen LogP contribution >= 0.6 is 0 Å². The lowest BCUT2D eigenvalue weighted by Gasteiger charge is -2.10. The van der Waals surface area contributed by atoms with E-state index in [0.717, 1.165) is 28.0 Å². The van der Waals surface area contributed by atoms with Crippen molar-refractivity contribution >= 4 is 0 Å². The molecule has 3 rings (SSSR count). The van der Waals surface area contributed by atoms with Crippen molar-refractivity contribution in [2.24, 2.45) is 5.73 Å². The highest BCUT2D eigenvalue weighted by molar-refractivity contribution is 5.65. The first kappa shape index (κ1) is 16.0. The van der Waals surface area contributed by atoms with Crippen LogP contribution in [0.4, 0.5) is 0 Å². The van der Waals surface area contributed by atoms with Gasteiger partial charge in [0.25, 0.3) is 0 Å². The molecule has 0 aliphatic heterocycles. The molecule has 4 nitrogen and oxygen atoms in total. The zero-order chi connectivity index (χ0) is 16.8. The molecule has 0 bridgehead atoms. The van der Waals surface area contributed by atoms with Crippen molar-refractivity contribution in [3.63, 3.8) is 0 Å². The Hall–Kier alpha value is -2.85. The van der Waals surface area contributed by atoms with Gasteiger partial charge in [-0.25, -0.2) is 4.98 Å². The minimum atomic E-state index is 0.433. The third kappa shape index (κ3) is 3.73. The normalized spacial score (nSPS) is 10.4. The summed E-state index contributed by atoms with van der Waals surface area (Å²) in [5, 5.41) is 0. The van der Waals surface area contributed by atoms with Crippen LogP contribution in [0.5, 0.6) is 11.6 Å². The number of hydrogen-bond donors (Lipinski definition) is 1. The van der Waals surface area contributed by atoms with E-state index in [2.05, 4.69) is 4.98 Å². The molecule has 24 heavy (non-hydrogen) atoms. The number of nitrogens with two attached hydrogens (primary N) is 1. The maximum absolute atomic E-state index is 5.78. The average Bonchev–Trinajstić information content (AvgIpc) is 2.67. The van der Waals surface area contributed by atoms with E-state index in [1.807, 2.05) is 66.9 Å². The van der Waals surface area contributed by atoms with Crippen LogP contribution in [0.25, 0.3) is 11.1 Å². The SMILES string of the molecule is COc1ccc(-c2ccc(OCc3ccccc3)nc2)cc1CN. The number of aromatic nitrogens is 1. The molecule has 0 fully saturated rings. The molecular weight excluding hydrogens is 300 g/mol. The second-order valence-corrected chi connectivity index (χ2v) is 5.39. The van der Waals surface area contributed by atoms with Crippen LogP contribution in [0, 0.1) is 0 Å². The van der Waals surface area contributed by atoms with E-state index in [-0.39, 0.29) is 0 Å². The zero-order valence-corrected chi connectivity index (χ0v) is 13.6. The van der Waals surface area contributed by atoms with Gasteiger partial charge in [-0.2, -0.15) is 0 Å². The first-order chi connectivity index (χ1) is 11.8. The number of nitrogens with zero attached hydrogens (tertiary/aromatic N) is 1. The van der Waals surface area contributed by atoms with Gasteiger partial charge in [0.2, 0.25) is 5.88 Å². The number of ether oxygens (including phenoxy) is 2. The van der Waals surface area contributed by atoms with Gasteiger partial charge in [0, 0.05) is 29.9 Å². The van der Waals surface area contributed by atoms with E-state index in [0.29, 0.717) is 19.0 Å². The van der Waals surface area contributed by atoms with Crippen LogP contribution in [0.1, 0.15) is 11.1 Å². The van der Waals surface area contributed by atoms with Gasteiger partial charge in [0.1, 0.15) is 12.4 Å². The average molecular weight is 320 g/mol.